The number of amides is 2. The molecule has 2 saturated heterocycles. The van der Waals surface area contributed by atoms with Crippen molar-refractivity contribution in [1.29, 1.82) is 5.26 Å². The number of hydroxylamine groups is 1. The first-order valence-corrected chi connectivity index (χ1v) is 10.7. The van der Waals surface area contributed by atoms with Crippen LogP contribution in [0.4, 0.5) is 11.4 Å². The molecule has 5 rings (SSSR count). The van der Waals surface area contributed by atoms with Gasteiger partial charge in [0.15, 0.2) is 6.10 Å². The number of fused-ring (bicyclic) bond motifs is 1. The van der Waals surface area contributed by atoms with E-state index < -0.39 is 24.0 Å². The Morgan fingerprint density at radius 2 is 1.61 bits per heavy atom. The maximum atomic E-state index is 13.6. The van der Waals surface area contributed by atoms with E-state index in [1.165, 1.54) is 4.90 Å². The Hall–Kier alpha value is -4.15. The van der Waals surface area contributed by atoms with E-state index in [0.29, 0.717) is 23.6 Å². The van der Waals surface area contributed by atoms with E-state index in [1.807, 2.05) is 49.4 Å². The maximum Gasteiger partial charge on any atom is 0.266 e. The van der Waals surface area contributed by atoms with E-state index in [4.69, 9.17) is 14.8 Å². The number of nitriles is 1. The molecule has 2 aliphatic heterocycles. The number of carbonyl (C=O) groups is 2. The minimum Gasteiger partial charge on any atom is -0.494 e. The molecule has 3 aromatic carbocycles. The minimum absolute atomic E-state index is 0.318. The minimum atomic E-state index is -0.940. The first-order valence-electron chi connectivity index (χ1n) is 10.7. The van der Waals surface area contributed by atoms with Crippen molar-refractivity contribution in [3.8, 4) is 11.8 Å². The quantitative estimate of drug-likeness (QED) is 0.559. The zero-order valence-corrected chi connectivity index (χ0v) is 17.9. The number of imide groups is 1. The van der Waals surface area contributed by atoms with Crippen LogP contribution >= 0.6 is 0 Å². The first-order chi connectivity index (χ1) is 16.1. The summed E-state index contributed by atoms with van der Waals surface area (Å²) < 4.78 is 5.47. The highest BCUT2D eigenvalue weighted by Gasteiger charge is 2.60. The van der Waals surface area contributed by atoms with Gasteiger partial charge >= 0.3 is 0 Å². The Bertz CT molecular complexity index is 1220. The molecule has 3 atom stereocenters. The number of hydrogen-bond acceptors (Lipinski definition) is 6. The fourth-order valence-electron chi connectivity index (χ4n) is 4.42. The molecule has 0 saturated carbocycles. The van der Waals surface area contributed by atoms with Gasteiger partial charge in [-0.1, -0.05) is 30.3 Å². The number of carbonyl (C=O) groups excluding carboxylic acids is 2. The molecule has 7 heteroatoms. The standard InChI is InChI=1S/C26H21N3O4/c1-2-32-21-14-12-19(13-15-21)28-25(30)22-23(18-10-8-17(16-27)9-11-18)29(33-24(22)26(28)31)20-6-4-3-5-7-20/h3-15,22-24H,2H2,1H3/t22-,23+,24-/m1/s1. The van der Waals surface area contributed by atoms with E-state index in [2.05, 4.69) is 6.07 Å². The molecule has 33 heavy (non-hydrogen) atoms. The summed E-state index contributed by atoms with van der Waals surface area (Å²) in [5.41, 5.74) is 2.54. The molecular weight excluding hydrogens is 418 g/mol. The summed E-state index contributed by atoms with van der Waals surface area (Å²) in [4.78, 5) is 34.3. The molecule has 3 aromatic rings. The zero-order chi connectivity index (χ0) is 22.9. The van der Waals surface area contributed by atoms with Gasteiger partial charge in [-0.2, -0.15) is 5.26 Å². The number of hydrogen-bond donors (Lipinski definition) is 0. The van der Waals surface area contributed by atoms with Crippen LogP contribution in [0.5, 0.6) is 5.75 Å². The Balaban J connectivity index is 1.53. The van der Waals surface area contributed by atoms with Gasteiger partial charge in [0.1, 0.15) is 11.7 Å². The van der Waals surface area contributed by atoms with Crippen molar-refractivity contribution >= 4 is 23.2 Å². The lowest BCUT2D eigenvalue weighted by Crippen LogP contribution is -2.37. The van der Waals surface area contributed by atoms with Crippen molar-refractivity contribution in [3.63, 3.8) is 0 Å². The molecule has 2 fully saturated rings. The predicted molar refractivity (Wildman–Crippen MR) is 121 cm³/mol. The molecule has 7 nitrogen and oxygen atoms in total. The van der Waals surface area contributed by atoms with Crippen LogP contribution in [0.15, 0.2) is 78.9 Å². The molecule has 2 heterocycles. The summed E-state index contributed by atoms with van der Waals surface area (Å²) in [6.45, 7) is 2.42. The Kier molecular flexibility index (Phi) is 5.29. The fraction of sp³-hybridized carbons (Fsp3) is 0.192. The molecule has 164 valence electrons. The smallest absolute Gasteiger partial charge is 0.266 e. The van der Waals surface area contributed by atoms with Gasteiger partial charge in [-0.15, -0.1) is 0 Å². The predicted octanol–water partition coefficient (Wildman–Crippen LogP) is 4.01. The lowest BCUT2D eigenvalue weighted by Gasteiger charge is -2.28. The number of nitrogens with zero attached hydrogens (tertiary/aromatic N) is 3. The Morgan fingerprint density at radius 3 is 2.24 bits per heavy atom. The van der Waals surface area contributed by atoms with Crippen LogP contribution < -0.4 is 14.7 Å². The van der Waals surface area contributed by atoms with Gasteiger partial charge in [0.05, 0.1) is 35.7 Å². The molecular formula is C26H21N3O4. The molecule has 0 bridgehead atoms. The van der Waals surface area contributed by atoms with E-state index in [-0.39, 0.29) is 5.91 Å². The monoisotopic (exact) mass is 439 g/mol. The number of anilines is 2. The van der Waals surface area contributed by atoms with Gasteiger partial charge in [0.25, 0.3) is 5.91 Å². The van der Waals surface area contributed by atoms with Crippen LogP contribution in [-0.2, 0) is 14.4 Å². The van der Waals surface area contributed by atoms with Crippen molar-refractivity contribution in [2.24, 2.45) is 5.92 Å². The zero-order valence-electron chi connectivity index (χ0n) is 17.9. The second-order valence-electron chi connectivity index (χ2n) is 7.83. The van der Waals surface area contributed by atoms with Crippen molar-refractivity contribution in [2.45, 2.75) is 19.1 Å². The van der Waals surface area contributed by atoms with Gasteiger partial charge in [-0.3, -0.25) is 14.4 Å². The van der Waals surface area contributed by atoms with Crippen LogP contribution in [0.2, 0.25) is 0 Å². The molecule has 2 aliphatic rings. The average molecular weight is 439 g/mol. The van der Waals surface area contributed by atoms with Gasteiger partial charge in [0.2, 0.25) is 5.91 Å². The molecule has 0 spiro atoms. The first kappa shape index (κ1) is 20.7. The van der Waals surface area contributed by atoms with Crippen LogP contribution in [-0.4, -0.2) is 24.5 Å². The maximum absolute atomic E-state index is 13.6. The topological polar surface area (TPSA) is 82.9 Å². The third kappa shape index (κ3) is 3.51. The number of para-hydroxylation sites is 1. The van der Waals surface area contributed by atoms with Gasteiger partial charge in [-0.05, 0) is 61.0 Å². The normalized spacial score (nSPS) is 21.8. The molecule has 0 unspecified atom stereocenters. The van der Waals surface area contributed by atoms with Gasteiger partial charge < -0.3 is 4.74 Å². The Morgan fingerprint density at radius 1 is 0.909 bits per heavy atom. The van der Waals surface area contributed by atoms with Gasteiger partial charge in [-0.25, -0.2) is 9.96 Å². The number of ether oxygens (including phenoxy) is 1. The summed E-state index contributed by atoms with van der Waals surface area (Å²) in [5, 5.41) is 10.8. The molecule has 0 aliphatic carbocycles. The summed E-state index contributed by atoms with van der Waals surface area (Å²) in [7, 11) is 0. The summed E-state index contributed by atoms with van der Waals surface area (Å²) in [6.07, 6.45) is -0.940. The van der Waals surface area contributed by atoms with Crippen LogP contribution in [0.25, 0.3) is 0 Å². The lowest BCUT2D eigenvalue weighted by molar-refractivity contribution is -0.126. The highest BCUT2D eigenvalue weighted by atomic mass is 16.7. The van der Waals surface area contributed by atoms with E-state index in [0.717, 1.165) is 11.3 Å². The van der Waals surface area contributed by atoms with Crippen molar-refractivity contribution in [3.05, 3.63) is 90.0 Å². The van der Waals surface area contributed by atoms with Crippen molar-refractivity contribution in [2.75, 3.05) is 16.6 Å². The Labute approximate surface area is 191 Å². The third-order valence-electron chi connectivity index (χ3n) is 5.91. The molecule has 0 radical (unpaired) electrons. The number of benzene rings is 3. The largest absolute Gasteiger partial charge is 0.494 e. The summed E-state index contributed by atoms with van der Waals surface area (Å²) >= 11 is 0. The number of rotatable bonds is 5. The van der Waals surface area contributed by atoms with E-state index in [9.17, 15) is 9.59 Å². The molecule has 0 aromatic heterocycles. The summed E-state index contributed by atoms with van der Waals surface area (Å²) in [5.74, 6) is -0.770. The highest BCUT2D eigenvalue weighted by molar-refractivity contribution is 6.23. The van der Waals surface area contributed by atoms with E-state index >= 15 is 0 Å². The van der Waals surface area contributed by atoms with Crippen molar-refractivity contribution < 1.29 is 19.2 Å². The fourth-order valence-corrected chi connectivity index (χ4v) is 4.42. The van der Waals surface area contributed by atoms with Gasteiger partial charge in [0, 0.05) is 0 Å². The van der Waals surface area contributed by atoms with Crippen LogP contribution in [0.1, 0.15) is 24.1 Å². The second kappa shape index (κ2) is 8.41. The highest BCUT2D eigenvalue weighted by Crippen LogP contribution is 2.47. The lowest BCUT2D eigenvalue weighted by atomic mass is 9.90. The van der Waals surface area contributed by atoms with Crippen molar-refractivity contribution in [1.82, 2.24) is 0 Å². The van der Waals surface area contributed by atoms with Crippen LogP contribution in [0.3, 0.4) is 0 Å². The summed E-state index contributed by atoms with van der Waals surface area (Å²) in [6, 6.07) is 24.9. The molecule has 2 amide bonds. The SMILES string of the molecule is CCOc1ccc(N2C(=O)[C@H]3[C@@H](ON(c4ccccc4)[C@H]3c3ccc(C#N)cc3)C2=O)cc1. The molecule has 0 N–H and O–H groups in total. The second-order valence-corrected chi connectivity index (χ2v) is 7.83. The van der Waals surface area contributed by atoms with E-state index in [1.54, 1.807) is 41.5 Å². The third-order valence-corrected chi connectivity index (χ3v) is 5.91. The van der Waals surface area contributed by atoms with Crippen LogP contribution in [0, 0.1) is 17.2 Å². The average Bonchev–Trinajstić information content (AvgIpc) is 3.36.